The van der Waals surface area contributed by atoms with Crippen molar-refractivity contribution in [1.29, 1.82) is 0 Å². The fourth-order valence-electron chi connectivity index (χ4n) is 3.55. The average molecular weight is 447 g/mol. The maximum absolute atomic E-state index is 13.1. The summed E-state index contributed by atoms with van der Waals surface area (Å²) in [6.07, 6.45) is 1.65. The van der Waals surface area contributed by atoms with Crippen LogP contribution in [0.4, 0.5) is 5.69 Å². The Labute approximate surface area is 184 Å². The third-order valence-corrected chi connectivity index (χ3v) is 7.34. The summed E-state index contributed by atoms with van der Waals surface area (Å²) in [6.45, 7) is 7.19. The van der Waals surface area contributed by atoms with E-state index in [1.807, 2.05) is 18.2 Å². The van der Waals surface area contributed by atoms with Crippen LogP contribution in [0, 0.1) is 0 Å². The Balaban J connectivity index is 1.96. The van der Waals surface area contributed by atoms with E-state index in [0.717, 1.165) is 18.4 Å². The fourth-order valence-corrected chi connectivity index (χ4v) is 5.25. The standard InChI is InChI=1S/C23H30N2O5S/c1-23(2,3)17-9-11-19(29-4)18(15-17)24-22(26)16-8-10-20(30-5)21(14-16)31(27,28)25-12-6-7-13-25/h8-11,14-15H,6-7,12-13H2,1-5H3,(H,24,26). The molecule has 168 valence electrons. The highest BCUT2D eigenvalue weighted by Crippen LogP contribution is 2.33. The molecule has 1 fully saturated rings. The van der Waals surface area contributed by atoms with Crippen molar-refractivity contribution < 1.29 is 22.7 Å². The number of hydrogen-bond acceptors (Lipinski definition) is 5. The van der Waals surface area contributed by atoms with E-state index in [0.29, 0.717) is 24.5 Å². The van der Waals surface area contributed by atoms with E-state index in [-0.39, 0.29) is 21.6 Å². The van der Waals surface area contributed by atoms with Gasteiger partial charge in [-0.2, -0.15) is 4.31 Å². The number of benzene rings is 2. The molecule has 0 saturated carbocycles. The van der Waals surface area contributed by atoms with Crippen LogP contribution in [-0.2, 0) is 15.4 Å². The highest BCUT2D eigenvalue weighted by Gasteiger charge is 2.31. The SMILES string of the molecule is COc1ccc(C(C)(C)C)cc1NC(=O)c1ccc(OC)c(S(=O)(=O)N2CCCC2)c1. The monoisotopic (exact) mass is 446 g/mol. The van der Waals surface area contributed by atoms with Gasteiger partial charge in [-0.1, -0.05) is 26.8 Å². The van der Waals surface area contributed by atoms with Gasteiger partial charge in [-0.05, 0) is 54.2 Å². The van der Waals surface area contributed by atoms with Gasteiger partial charge < -0.3 is 14.8 Å². The van der Waals surface area contributed by atoms with E-state index >= 15 is 0 Å². The molecule has 3 rings (SSSR count). The van der Waals surface area contributed by atoms with Gasteiger partial charge in [0.15, 0.2) is 0 Å². The van der Waals surface area contributed by atoms with Crippen LogP contribution in [0.25, 0.3) is 0 Å². The Morgan fingerprint density at radius 1 is 0.968 bits per heavy atom. The first kappa shape index (κ1) is 23.1. The minimum absolute atomic E-state index is 0.0000396. The van der Waals surface area contributed by atoms with Crippen LogP contribution in [0.2, 0.25) is 0 Å². The van der Waals surface area contributed by atoms with Crippen LogP contribution in [0.15, 0.2) is 41.3 Å². The molecule has 0 aromatic heterocycles. The molecule has 0 unspecified atom stereocenters. The second-order valence-corrected chi connectivity index (χ2v) is 10.5. The summed E-state index contributed by atoms with van der Waals surface area (Å²) < 4.78 is 38.3. The number of rotatable bonds is 6. The van der Waals surface area contributed by atoms with Crippen LogP contribution < -0.4 is 14.8 Å². The molecule has 0 aliphatic carbocycles. The molecule has 0 bridgehead atoms. The first-order valence-corrected chi connectivity index (χ1v) is 11.7. The summed E-state index contributed by atoms with van der Waals surface area (Å²) in [5.41, 5.74) is 1.68. The molecular formula is C23H30N2O5S. The molecule has 7 nitrogen and oxygen atoms in total. The number of carbonyl (C=O) groups is 1. The molecule has 2 aromatic rings. The summed E-state index contributed by atoms with van der Waals surface area (Å²) in [7, 11) is -0.790. The molecule has 1 amide bonds. The van der Waals surface area contributed by atoms with Crippen molar-refractivity contribution in [2.75, 3.05) is 32.6 Å². The first-order valence-electron chi connectivity index (χ1n) is 10.3. The predicted octanol–water partition coefficient (Wildman–Crippen LogP) is 4.04. The number of anilines is 1. The minimum Gasteiger partial charge on any atom is -0.495 e. The molecule has 0 radical (unpaired) electrons. The van der Waals surface area contributed by atoms with Crippen molar-refractivity contribution in [2.45, 2.75) is 43.9 Å². The number of methoxy groups -OCH3 is 2. The Morgan fingerprint density at radius 2 is 1.58 bits per heavy atom. The summed E-state index contributed by atoms with van der Waals surface area (Å²) in [5, 5.41) is 2.86. The molecule has 1 aliphatic heterocycles. The lowest BCUT2D eigenvalue weighted by Crippen LogP contribution is -2.28. The summed E-state index contributed by atoms with van der Waals surface area (Å²) in [5.74, 6) is 0.320. The van der Waals surface area contributed by atoms with Crippen molar-refractivity contribution in [3.8, 4) is 11.5 Å². The highest BCUT2D eigenvalue weighted by atomic mass is 32.2. The van der Waals surface area contributed by atoms with Crippen LogP contribution in [0.1, 0.15) is 49.5 Å². The third-order valence-electron chi connectivity index (χ3n) is 5.42. The summed E-state index contributed by atoms with van der Waals surface area (Å²) >= 11 is 0. The lowest BCUT2D eigenvalue weighted by Gasteiger charge is -2.21. The molecule has 2 aromatic carbocycles. The third kappa shape index (κ3) is 4.85. The van der Waals surface area contributed by atoms with Crippen molar-refractivity contribution in [1.82, 2.24) is 4.31 Å². The number of ether oxygens (including phenoxy) is 2. The average Bonchev–Trinajstić information content (AvgIpc) is 3.28. The molecule has 31 heavy (non-hydrogen) atoms. The van der Waals surface area contributed by atoms with Gasteiger partial charge in [0.2, 0.25) is 10.0 Å². The maximum Gasteiger partial charge on any atom is 0.255 e. The van der Waals surface area contributed by atoms with Gasteiger partial charge in [0, 0.05) is 18.7 Å². The van der Waals surface area contributed by atoms with Gasteiger partial charge in [-0.25, -0.2) is 8.42 Å². The highest BCUT2D eigenvalue weighted by molar-refractivity contribution is 7.89. The van der Waals surface area contributed by atoms with Crippen LogP contribution in [0.3, 0.4) is 0 Å². The number of amides is 1. The Hall–Kier alpha value is -2.58. The second-order valence-electron chi connectivity index (χ2n) is 8.60. The Bertz CT molecular complexity index is 1070. The van der Waals surface area contributed by atoms with Gasteiger partial charge in [-0.15, -0.1) is 0 Å². The number of nitrogens with one attached hydrogen (secondary N) is 1. The molecule has 0 atom stereocenters. The number of carbonyl (C=O) groups excluding carboxylic acids is 1. The van der Waals surface area contributed by atoms with E-state index < -0.39 is 15.9 Å². The Morgan fingerprint density at radius 3 is 2.16 bits per heavy atom. The van der Waals surface area contributed by atoms with Gasteiger partial charge in [-0.3, -0.25) is 4.79 Å². The molecular weight excluding hydrogens is 416 g/mol. The van der Waals surface area contributed by atoms with Crippen molar-refractivity contribution in [3.63, 3.8) is 0 Å². The van der Waals surface area contributed by atoms with E-state index in [2.05, 4.69) is 26.1 Å². The minimum atomic E-state index is -3.75. The van der Waals surface area contributed by atoms with Crippen molar-refractivity contribution in [3.05, 3.63) is 47.5 Å². The van der Waals surface area contributed by atoms with Crippen molar-refractivity contribution >= 4 is 21.6 Å². The van der Waals surface area contributed by atoms with E-state index in [9.17, 15) is 13.2 Å². The van der Waals surface area contributed by atoms with E-state index in [1.165, 1.54) is 30.7 Å². The van der Waals surface area contributed by atoms with Crippen molar-refractivity contribution in [2.24, 2.45) is 0 Å². The smallest absolute Gasteiger partial charge is 0.255 e. The predicted molar refractivity (Wildman–Crippen MR) is 121 cm³/mol. The number of nitrogens with zero attached hydrogens (tertiary/aromatic N) is 1. The maximum atomic E-state index is 13.1. The second kappa shape index (κ2) is 8.88. The summed E-state index contributed by atoms with van der Waals surface area (Å²) in [4.78, 5) is 13.0. The zero-order chi connectivity index (χ0) is 22.8. The lowest BCUT2D eigenvalue weighted by atomic mass is 9.87. The fraction of sp³-hybridized carbons (Fsp3) is 0.435. The van der Waals surface area contributed by atoms with E-state index in [1.54, 1.807) is 6.07 Å². The van der Waals surface area contributed by atoms with Gasteiger partial charge in [0.1, 0.15) is 16.4 Å². The molecule has 0 spiro atoms. The normalized spacial score (nSPS) is 15.0. The topological polar surface area (TPSA) is 84.9 Å². The molecule has 1 N–H and O–H groups in total. The quantitative estimate of drug-likeness (QED) is 0.724. The van der Waals surface area contributed by atoms with Gasteiger partial charge >= 0.3 is 0 Å². The Kier molecular flexibility index (Phi) is 6.62. The largest absolute Gasteiger partial charge is 0.495 e. The molecule has 1 aliphatic rings. The van der Waals surface area contributed by atoms with E-state index in [4.69, 9.17) is 9.47 Å². The number of hydrogen-bond donors (Lipinski definition) is 1. The first-order chi connectivity index (χ1) is 14.6. The van der Waals surface area contributed by atoms with Crippen LogP contribution in [-0.4, -0.2) is 45.9 Å². The molecule has 8 heteroatoms. The van der Waals surface area contributed by atoms with Gasteiger partial charge in [0.25, 0.3) is 5.91 Å². The van der Waals surface area contributed by atoms with Crippen LogP contribution in [0.5, 0.6) is 11.5 Å². The summed E-state index contributed by atoms with van der Waals surface area (Å²) in [6, 6.07) is 10.1. The zero-order valence-corrected chi connectivity index (χ0v) is 19.5. The molecule has 1 heterocycles. The lowest BCUT2D eigenvalue weighted by molar-refractivity contribution is 0.102. The zero-order valence-electron chi connectivity index (χ0n) is 18.7. The van der Waals surface area contributed by atoms with Gasteiger partial charge in [0.05, 0.1) is 19.9 Å². The molecule has 1 saturated heterocycles. The number of sulfonamides is 1. The van der Waals surface area contributed by atoms with Crippen LogP contribution >= 0.6 is 0 Å².